The summed E-state index contributed by atoms with van der Waals surface area (Å²) in [4.78, 5) is 26.1. The van der Waals surface area contributed by atoms with Crippen molar-refractivity contribution < 1.29 is 23.5 Å². The molecule has 1 amide bonds. The number of hydrogen-bond donors (Lipinski definition) is 2. The summed E-state index contributed by atoms with van der Waals surface area (Å²) in [6, 6.07) is 5.80. The van der Waals surface area contributed by atoms with Crippen LogP contribution < -0.4 is 5.32 Å². The molecule has 0 atom stereocenters. The molecule has 0 unspecified atom stereocenters. The third-order valence-electron chi connectivity index (χ3n) is 2.61. The van der Waals surface area contributed by atoms with Gasteiger partial charge in [-0.2, -0.15) is 0 Å². The number of pyridine rings is 1. The van der Waals surface area contributed by atoms with E-state index in [1.54, 1.807) is 0 Å². The molecule has 0 fully saturated rings. The maximum atomic E-state index is 13.0. The molecular weight excluding hydrogens is 282 g/mol. The van der Waals surface area contributed by atoms with Crippen molar-refractivity contribution in [2.75, 3.05) is 5.32 Å². The number of rotatable bonds is 4. The minimum atomic E-state index is -1.22. The second-order valence-electron chi connectivity index (χ2n) is 4.21. The highest BCUT2D eigenvalue weighted by molar-refractivity contribution is 5.94. The zero-order valence-corrected chi connectivity index (χ0v) is 10.6. The van der Waals surface area contributed by atoms with Crippen LogP contribution in [0.3, 0.4) is 0 Å². The first-order valence-electron chi connectivity index (χ1n) is 5.89. The van der Waals surface area contributed by atoms with Crippen LogP contribution in [0.4, 0.5) is 14.5 Å². The van der Waals surface area contributed by atoms with Crippen LogP contribution in [0.5, 0.6) is 0 Å². The van der Waals surface area contributed by atoms with E-state index in [0.717, 1.165) is 12.1 Å². The van der Waals surface area contributed by atoms with E-state index >= 15 is 0 Å². The lowest BCUT2D eigenvalue weighted by atomic mass is 10.1. The number of carboxylic acid groups (broad SMARTS) is 1. The Bertz CT molecular complexity index is 704. The van der Waals surface area contributed by atoms with Crippen molar-refractivity contribution in [3.8, 4) is 0 Å². The van der Waals surface area contributed by atoms with E-state index in [0.29, 0.717) is 5.56 Å². The number of carbonyl (C=O) groups is 2. The zero-order chi connectivity index (χ0) is 15.4. The molecule has 21 heavy (non-hydrogen) atoms. The van der Waals surface area contributed by atoms with E-state index in [9.17, 15) is 18.4 Å². The van der Waals surface area contributed by atoms with Crippen LogP contribution in [0.1, 0.15) is 16.1 Å². The molecule has 7 heteroatoms. The molecule has 0 saturated heterocycles. The van der Waals surface area contributed by atoms with Gasteiger partial charge in [0, 0.05) is 11.9 Å². The van der Waals surface area contributed by atoms with Gasteiger partial charge in [0.25, 0.3) is 0 Å². The summed E-state index contributed by atoms with van der Waals surface area (Å²) in [5.41, 5.74) is 0.356. The van der Waals surface area contributed by atoms with Crippen molar-refractivity contribution >= 4 is 17.6 Å². The minimum absolute atomic E-state index is 0.165. The standard InChI is InChI=1S/C14H10F2N2O3/c15-10-2-1-8(5-11(10)16)6-13(19)18-9-3-4-17-12(7-9)14(20)21/h1-5,7H,6H2,(H,20,21)(H,17,18,19). The zero-order valence-electron chi connectivity index (χ0n) is 10.6. The average molecular weight is 292 g/mol. The summed E-state index contributed by atoms with van der Waals surface area (Å²) >= 11 is 0. The molecule has 0 saturated carbocycles. The molecule has 0 bridgehead atoms. The van der Waals surface area contributed by atoms with Crippen LogP contribution in [-0.4, -0.2) is 22.0 Å². The van der Waals surface area contributed by atoms with Gasteiger partial charge in [0.1, 0.15) is 5.69 Å². The fourth-order valence-electron chi connectivity index (χ4n) is 1.67. The van der Waals surface area contributed by atoms with Gasteiger partial charge in [-0.05, 0) is 29.8 Å². The summed E-state index contributed by atoms with van der Waals surface area (Å²) in [5, 5.41) is 11.2. The van der Waals surface area contributed by atoms with E-state index in [2.05, 4.69) is 10.3 Å². The van der Waals surface area contributed by atoms with Gasteiger partial charge in [-0.25, -0.2) is 18.6 Å². The number of nitrogens with zero attached hydrogens (tertiary/aromatic N) is 1. The summed E-state index contributed by atoms with van der Waals surface area (Å²) in [6.07, 6.45) is 1.08. The van der Waals surface area contributed by atoms with Crippen LogP contribution in [0, 0.1) is 11.6 Å². The normalized spacial score (nSPS) is 10.2. The van der Waals surface area contributed by atoms with Gasteiger partial charge in [0.05, 0.1) is 6.42 Å². The summed E-state index contributed by atoms with van der Waals surface area (Å²) in [5.74, 6) is -3.72. The van der Waals surface area contributed by atoms with Crippen molar-refractivity contribution in [1.82, 2.24) is 4.98 Å². The number of benzene rings is 1. The quantitative estimate of drug-likeness (QED) is 0.905. The Morgan fingerprint density at radius 1 is 1.14 bits per heavy atom. The van der Waals surface area contributed by atoms with Gasteiger partial charge in [-0.15, -0.1) is 0 Å². The van der Waals surface area contributed by atoms with Crippen molar-refractivity contribution in [3.63, 3.8) is 0 Å². The molecular formula is C14H10F2N2O3. The lowest BCUT2D eigenvalue weighted by Gasteiger charge is -2.06. The molecule has 108 valence electrons. The van der Waals surface area contributed by atoms with Crippen molar-refractivity contribution in [2.24, 2.45) is 0 Å². The summed E-state index contributed by atoms with van der Waals surface area (Å²) in [6.45, 7) is 0. The van der Waals surface area contributed by atoms with Crippen molar-refractivity contribution in [2.45, 2.75) is 6.42 Å². The maximum absolute atomic E-state index is 13.0. The molecule has 2 rings (SSSR count). The average Bonchev–Trinajstić information content (AvgIpc) is 2.43. The Hall–Kier alpha value is -2.83. The van der Waals surface area contributed by atoms with Gasteiger partial charge in [-0.3, -0.25) is 4.79 Å². The molecule has 0 aliphatic carbocycles. The van der Waals surface area contributed by atoms with Gasteiger partial charge < -0.3 is 10.4 Å². The smallest absolute Gasteiger partial charge is 0.354 e. The van der Waals surface area contributed by atoms with E-state index in [4.69, 9.17) is 5.11 Å². The molecule has 0 aliphatic rings. The number of carboxylic acids is 1. The number of nitrogens with one attached hydrogen (secondary N) is 1. The highest BCUT2D eigenvalue weighted by Gasteiger charge is 2.09. The van der Waals surface area contributed by atoms with Gasteiger partial charge in [0.2, 0.25) is 5.91 Å². The molecule has 1 heterocycles. The monoisotopic (exact) mass is 292 g/mol. The lowest BCUT2D eigenvalue weighted by molar-refractivity contribution is -0.115. The number of hydrogen-bond acceptors (Lipinski definition) is 3. The fraction of sp³-hybridized carbons (Fsp3) is 0.0714. The Kier molecular flexibility index (Phi) is 4.22. The third-order valence-corrected chi connectivity index (χ3v) is 2.61. The van der Waals surface area contributed by atoms with Crippen LogP contribution in [0.15, 0.2) is 36.5 Å². The highest BCUT2D eigenvalue weighted by atomic mass is 19.2. The number of halogens is 2. The molecule has 2 aromatic rings. The molecule has 5 nitrogen and oxygen atoms in total. The molecule has 0 radical (unpaired) electrons. The highest BCUT2D eigenvalue weighted by Crippen LogP contribution is 2.12. The molecule has 1 aromatic heterocycles. The van der Waals surface area contributed by atoms with Gasteiger partial charge >= 0.3 is 5.97 Å². The summed E-state index contributed by atoms with van der Waals surface area (Å²) in [7, 11) is 0. The molecule has 2 N–H and O–H groups in total. The molecule has 1 aromatic carbocycles. The SMILES string of the molecule is O=C(Cc1ccc(F)c(F)c1)Nc1ccnc(C(=O)O)c1. The van der Waals surface area contributed by atoms with Gasteiger partial charge in [0.15, 0.2) is 11.6 Å². The molecule has 0 spiro atoms. The van der Waals surface area contributed by atoms with Crippen LogP contribution in [0.25, 0.3) is 0 Å². The van der Waals surface area contributed by atoms with Crippen LogP contribution >= 0.6 is 0 Å². The van der Waals surface area contributed by atoms with Crippen LogP contribution in [0.2, 0.25) is 0 Å². The van der Waals surface area contributed by atoms with Crippen molar-refractivity contribution in [1.29, 1.82) is 0 Å². The minimum Gasteiger partial charge on any atom is -0.477 e. The predicted molar refractivity (Wildman–Crippen MR) is 69.9 cm³/mol. The Labute approximate surface area is 118 Å². The predicted octanol–water partition coefficient (Wildman–Crippen LogP) is 2.24. The third kappa shape index (κ3) is 3.82. The first kappa shape index (κ1) is 14.6. The van der Waals surface area contributed by atoms with E-state index in [1.807, 2.05) is 0 Å². The number of anilines is 1. The first-order valence-corrected chi connectivity index (χ1v) is 5.89. The number of aromatic nitrogens is 1. The Morgan fingerprint density at radius 3 is 2.57 bits per heavy atom. The van der Waals surface area contributed by atoms with E-state index in [1.165, 1.54) is 24.4 Å². The fourth-order valence-corrected chi connectivity index (χ4v) is 1.67. The van der Waals surface area contributed by atoms with Crippen LogP contribution in [-0.2, 0) is 11.2 Å². The topological polar surface area (TPSA) is 79.3 Å². The van der Waals surface area contributed by atoms with Crippen molar-refractivity contribution in [3.05, 3.63) is 59.4 Å². The molecule has 0 aliphatic heterocycles. The lowest BCUT2D eigenvalue weighted by Crippen LogP contribution is -2.15. The first-order chi connectivity index (χ1) is 9.95. The number of carbonyl (C=O) groups excluding carboxylic acids is 1. The van der Waals surface area contributed by atoms with Gasteiger partial charge in [-0.1, -0.05) is 6.07 Å². The second-order valence-corrected chi connectivity index (χ2v) is 4.21. The summed E-state index contributed by atoms with van der Waals surface area (Å²) < 4.78 is 25.8. The largest absolute Gasteiger partial charge is 0.477 e. The van der Waals surface area contributed by atoms with E-state index in [-0.39, 0.29) is 17.8 Å². The maximum Gasteiger partial charge on any atom is 0.354 e. The Morgan fingerprint density at radius 2 is 1.90 bits per heavy atom. The Balaban J connectivity index is 2.06. The second kappa shape index (κ2) is 6.08. The van der Waals surface area contributed by atoms with E-state index < -0.39 is 23.5 Å². The number of amides is 1. The number of aromatic carboxylic acids is 1.